The van der Waals surface area contributed by atoms with E-state index in [-0.39, 0.29) is 5.83 Å². The van der Waals surface area contributed by atoms with Crippen molar-refractivity contribution in [3.8, 4) is 0 Å². The molecule has 0 unspecified atom stereocenters. The van der Waals surface area contributed by atoms with Crippen molar-refractivity contribution in [2.45, 2.75) is 12.8 Å². The first-order valence-corrected chi connectivity index (χ1v) is 9.73. The zero-order valence-electron chi connectivity index (χ0n) is 16.5. The van der Waals surface area contributed by atoms with Gasteiger partial charge in [0.2, 0.25) is 0 Å². The molecule has 10 heteroatoms. The Morgan fingerprint density at radius 2 is 2.13 bits per heavy atom. The van der Waals surface area contributed by atoms with Gasteiger partial charge in [0, 0.05) is 49.9 Å². The Bertz CT molecular complexity index is 1120. The number of nitrogens with one attached hydrogen (secondary N) is 3. The van der Waals surface area contributed by atoms with Crippen LogP contribution in [-0.4, -0.2) is 51.0 Å². The number of rotatable bonds is 4. The van der Waals surface area contributed by atoms with E-state index in [0.717, 1.165) is 29.2 Å². The highest BCUT2D eigenvalue weighted by atomic mass is 19.1. The van der Waals surface area contributed by atoms with Crippen LogP contribution in [0.4, 0.5) is 10.2 Å². The van der Waals surface area contributed by atoms with Gasteiger partial charge in [-0.1, -0.05) is 12.2 Å². The average Bonchev–Trinajstić information content (AvgIpc) is 3.48. The summed E-state index contributed by atoms with van der Waals surface area (Å²) in [5.74, 6) is 0.363. The zero-order valence-corrected chi connectivity index (χ0v) is 16.5. The maximum Gasteiger partial charge on any atom is 0.180 e. The summed E-state index contributed by atoms with van der Waals surface area (Å²) in [6.45, 7) is 1.15. The molecular formula is C20H22FN9. The van der Waals surface area contributed by atoms with Crippen LogP contribution in [0, 0.1) is 0 Å². The zero-order chi connectivity index (χ0) is 20.5. The number of allylic oxidation sites excluding steroid dienone is 4. The highest BCUT2D eigenvalue weighted by molar-refractivity contribution is 5.72. The van der Waals surface area contributed by atoms with Gasteiger partial charge in [-0.3, -0.25) is 19.8 Å². The molecule has 2 aromatic heterocycles. The monoisotopic (exact) mass is 407 g/mol. The molecule has 2 aromatic rings. The van der Waals surface area contributed by atoms with E-state index in [1.807, 2.05) is 47.2 Å². The van der Waals surface area contributed by atoms with E-state index in [1.54, 1.807) is 23.6 Å². The van der Waals surface area contributed by atoms with Crippen LogP contribution >= 0.6 is 0 Å². The molecule has 0 saturated heterocycles. The second-order valence-corrected chi connectivity index (χ2v) is 7.16. The number of fused-ring (bicyclic) bond motifs is 1. The number of aromatic nitrogens is 3. The molecule has 0 saturated carbocycles. The highest BCUT2D eigenvalue weighted by Crippen LogP contribution is 2.25. The van der Waals surface area contributed by atoms with Gasteiger partial charge in [-0.15, -0.1) is 0 Å². The minimum absolute atomic E-state index is 0.278. The molecule has 0 spiro atoms. The van der Waals surface area contributed by atoms with Crippen LogP contribution in [0.15, 0.2) is 65.2 Å². The van der Waals surface area contributed by atoms with Crippen LogP contribution < -0.4 is 16.2 Å². The molecule has 3 aliphatic rings. The molecule has 3 N–H and O–H groups in total. The Labute approximate surface area is 172 Å². The first-order chi connectivity index (χ1) is 14.7. The first kappa shape index (κ1) is 18.4. The number of halogens is 1. The third-order valence-corrected chi connectivity index (χ3v) is 5.14. The summed E-state index contributed by atoms with van der Waals surface area (Å²) < 4.78 is 16.7. The fourth-order valence-corrected chi connectivity index (χ4v) is 3.65. The number of anilines is 1. The molecule has 1 aliphatic carbocycles. The molecule has 4 heterocycles. The SMILES string of the molecule is CN1C=C(c2cnc3c(N/C4=C/C/C=C(N5CN=CN5)\C(F)=C/C4)nccn23)CN1. The van der Waals surface area contributed by atoms with E-state index >= 15 is 0 Å². The van der Waals surface area contributed by atoms with Crippen molar-refractivity contribution >= 4 is 23.4 Å². The summed E-state index contributed by atoms with van der Waals surface area (Å²) in [4.78, 5) is 13.1. The third kappa shape index (κ3) is 3.41. The first-order valence-electron chi connectivity index (χ1n) is 9.73. The largest absolute Gasteiger partial charge is 0.341 e. The lowest BCUT2D eigenvalue weighted by atomic mass is 10.1. The fourth-order valence-electron chi connectivity index (χ4n) is 3.65. The van der Waals surface area contributed by atoms with Crippen molar-refractivity contribution in [3.05, 3.63) is 65.9 Å². The Kier molecular flexibility index (Phi) is 4.68. The molecule has 0 aromatic carbocycles. The minimum atomic E-state index is -0.278. The summed E-state index contributed by atoms with van der Waals surface area (Å²) in [6.07, 6.45) is 15.5. The van der Waals surface area contributed by atoms with Gasteiger partial charge < -0.3 is 10.3 Å². The van der Waals surface area contributed by atoms with Crippen LogP contribution in [0.1, 0.15) is 18.5 Å². The Morgan fingerprint density at radius 3 is 2.93 bits per heavy atom. The Morgan fingerprint density at radius 1 is 1.20 bits per heavy atom. The van der Waals surface area contributed by atoms with Crippen LogP contribution in [0.5, 0.6) is 0 Å². The molecular weight excluding hydrogens is 385 g/mol. The van der Waals surface area contributed by atoms with Gasteiger partial charge in [-0.2, -0.15) is 0 Å². The van der Waals surface area contributed by atoms with E-state index in [0.29, 0.717) is 31.0 Å². The minimum Gasteiger partial charge on any atom is -0.341 e. The van der Waals surface area contributed by atoms with E-state index in [2.05, 4.69) is 31.1 Å². The summed E-state index contributed by atoms with van der Waals surface area (Å²) in [7, 11) is 1.96. The summed E-state index contributed by atoms with van der Waals surface area (Å²) in [5.41, 5.74) is 10.4. The molecule has 0 radical (unpaired) electrons. The number of hydrazine groups is 2. The number of hydrogen-bond donors (Lipinski definition) is 3. The van der Waals surface area contributed by atoms with Crippen molar-refractivity contribution in [2.75, 3.05) is 25.6 Å². The lowest BCUT2D eigenvalue weighted by molar-refractivity contribution is 0.332. The summed E-state index contributed by atoms with van der Waals surface area (Å²) in [6, 6.07) is 0. The number of aliphatic imine (C=N–C) groups is 1. The fraction of sp³-hybridized carbons (Fsp3) is 0.250. The average molecular weight is 407 g/mol. The van der Waals surface area contributed by atoms with Crippen LogP contribution in [0.3, 0.4) is 0 Å². The maximum atomic E-state index is 14.7. The molecule has 0 atom stereocenters. The molecule has 0 bridgehead atoms. The van der Waals surface area contributed by atoms with Crippen molar-refractivity contribution in [3.63, 3.8) is 0 Å². The highest BCUT2D eigenvalue weighted by Gasteiger charge is 2.18. The predicted molar refractivity (Wildman–Crippen MR) is 113 cm³/mol. The van der Waals surface area contributed by atoms with Gasteiger partial charge in [0.05, 0.1) is 17.6 Å². The molecule has 2 aliphatic heterocycles. The predicted octanol–water partition coefficient (Wildman–Crippen LogP) is 2.15. The molecule has 154 valence electrons. The lowest BCUT2D eigenvalue weighted by Gasteiger charge is -2.20. The van der Waals surface area contributed by atoms with E-state index in [4.69, 9.17) is 0 Å². The van der Waals surface area contributed by atoms with Gasteiger partial charge in [0.1, 0.15) is 18.8 Å². The normalized spacial score (nSPS) is 24.3. The van der Waals surface area contributed by atoms with E-state index < -0.39 is 0 Å². The Balaban J connectivity index is 1.39. The molecule has 30 heavy (non-hydrogen) atoms. The van der Waals surface area contributed by atoms with Gasteiger partial charge >= 0.3 is 0 Å². The van der Waals surface area contributed by atoms with Crippen LogP contribution in [0.25, 0.3) is 11.2 Å². The third-order valence-electron chi connectivity index (χ3n) is 5.14. The molecule has 9 nitrogen and oxygen atoms in total. The topological polar surface area (TPSA) is 85.1 Å². The van der Waals surface area contributed by atoms with E-state index in [1.165, 1.54) is 0 Å². The van der Waals surface area contributed by atoms with E-state index in [9.17, 15) is 4.39 Å². The van der Waals surface area contributed by atoms with Gasteiger partial charge in [-0.05, 0) is 12.5 Å². The number of imidazole rings is 1. The Hall–Kier alpha value is -3.66. The standard InChI is InChI=1S/C20H22FN9/c1-28-11-14(9-25-28)18-10-24-20-19(23-7-8-29(18)20)27-15-3-2-4-17(16(21)6-5-15)30-13-22-12-26-30/h3-4,6-8,10-12,25H,2,5,9,13H2,1H3,(H,22,26)(H,23,27)/b15-3+,16-6+,17-4+. The van der Waals surface area contributed by atoms with Gasteiger partial charge in [-0.25, -0.2) is 19.8 Å². The van der Waals surface area contributed by atoms with Crippen LogP contribution in [0.2, 0.25) is 0 Å². The quantitative estimate of drug-likeness (QED) is 0.716. The van der Waals surface area contributed by atoms with Crippen LogP contribution in [-0.2, 0) is 0 Å². The summed E-state index contributed by atoms with van der Waals surface area (Å²) in [5, 5.41) is 6.94. The maximum absolute atomic E-state index is 14.7. The second-order valence-electron chi connectivity index (χ2n) is 7.16. The van der Waals surface area contributed by atoms with Crippen molar-refractivity contribution < 1.29 is 4.39 Å². The molecule has 5 rings (SSSR count). The smallest absolute Gasteiger partial charge is 0.180 e. The van der Waals surface area contributed by atoms with Gasteiger partial charge in [0.15, 0.2) is 11.5 Å². The van der Waals surface area contributed by atoms with Crippen molar-refractivity contribution in [1.82, 2.24) is 35.2 Å². The molecule has 0 fully saturated rings. The van der Waals surface area contributed by atoms with Crippen molar-refractivity contribution in [2.24, 2.45) is 4.99 Å². The number of hydrogen-bond acceptors (Lipinski definition) is 8. The number of nitrogens with zero attached hydrogens (tertiary/aromatic N) is 6. The van der Waals surface area contributed by atoms with Crippen molar-refractivity contribution in [1.29, 1.82) is 0 Å². The van der Waals surface area contributed by atoms with Gasteiger partial charge in [0.25, 0.3) is 0 Å². The summed E-state index contributed by atoms with van der Waals surface area (Å²) >= 11 is 0. The molecule has 0 amide bonds. The lowest BCUT2D eigenvalue weighted by Crippen LogP contribution is -2.31. The second kappa shape index (κ2) is 7.64.